The molecule has 19 heavy (non-hydrogen) atoms. The monoisotopic (exact) mass is 249 g/mol. The Morgan fingerprint density at radius 1 is 1.21 bits per heavy atom. The fourth-order valence-electron chi connectivity index (χ4n) is 2.13. The molecule has 1 unspecified atom stereocenters. The average molecular weight is 249 g/mol. The molecule has 1 aromatic rings. The second-order valence-corrected chi connectivity index (χ2v) is 4.53. The number of hydrogen-bond donors (Lipinski definition) is 0. The van der Waals surface area contributed by atoms with Crippen molar-refractivity contribution in [1.82, 2.24) is 4.90 Å². The first-order chi connectivity index (χ1) is 9.33. The quantitative estimate of drug-likeness (QED) is 0.825. The summed E-state index contributed by atoms with van der Waals surface area (Å²) < 4.78 is 0. The molecule has 94 valence electrons. The Balaban J connectivity index is 2.16. The molecule has 0 spiro atoms. The van der Waals surface area contributed by atoms with Gasteiger partial charge in [0.1, 0.15) is 0 Å². The van der Waals surface area contributed by atoms with Crippen molar-refractivity contribution in [3.8, 4) is 12.1 Å². The van der Waals surface area contributed by atoms with E-state index in [1.807, 2.05) is 41.6 Å². The molecule has 1 aliphatic rings. The van der Waals surface area contributed by atoms with Crippen LogP contribution in [0.15, 0.2) is 54.4 Å². The lowest BCUT2D eigenvalue weighted by Crippen LogP contribution is -2.10. The fraction of sp³-hybridized carbons (Fsp3) is 0.250. The summed E-state index contributed by atoms with van der Waals surface area (Å²) in [6.07, 6.45) is 7.02. The molecule has 0 saturated carbocycles. The van der Waals surface area contributed by atoms with Gasteiger partial charge in [0.25, 0.3) is 0 Å². The minimum Gasteiger partial charge on any atom is -0.349 e. The van der Waals surface area contributed by atoms with Gasteiger partial charge in [0.05, 0.1) is 17.7 Å². The largest absolute Gasteiger partial charge is 0.349 e. The molecule has 1 aliphatic heterocycles. The van der Waals surface area contributed by atoms with E-state index < -0.39 is 0 Å². The van der Waals surface area contributed by atoms with E-state index in [9.17, 15) is 5.26 Å². The van der Waals surface area contributed by atoms with Gasteiger partial charge in [-0.15, -0.1) is 0 Å². The van der Waals surface area contributed by atoms with Gasteiger partial charge in [-0.05, 0) is 18.2 Å². The van der Waals surface area contributed by atoms with Crippen LogP contribution in [0.5, 0.6) is 0 Å². The van der Waals surface area contributed by atoms with Gasteiger partial charge in [-0.1, -0.05) is 36.4 Å². The topological polar surface area (TPSA) is 50.8 Å². The molecule has 0 bridgehead atoms. The van der Waals surface area contributed by atoms with Crippen LogP contribution in [0, 0.1) is 28.6 Å². The number of nitrogens with zero attached hydrogens (tertiary/aromatic N) is 3. The molecule has 1 atom stereocenters. The van der Waals surface area contributed by atoms with Gasteiger partial charge in [0.15, 0.2) is 0 Å². The molecule has 3 nitrogen and oxygen atoms in total. The Kier molecular flexibility index (Phi) is 4.37. The predicted octanol–water partition coefficient (Wildman–Crippen LogP) is 3.34. The Morgan fingerprint density at radius 2 is 2.00 bits per heavy atom. The molecule has 0 aliphatic carbocycles. The van der Waals surface area contributed by atoms with Gasteiger partial charge < -0.3 is 4.90 Å². The third-order valence-electron chi connectivity index (χ3n) is 3.14. The second-order valence-electron chi connectivity index (χ2n) is 4.53. The third kappa shape index (κ3) is 3.47. The lowest BCUT2D eigenvalue weighted by Gasteiger charge is -2.15. The number of allylic oxidation sites excluding steroid dienone is 2. The maximum atomic E-state index is 9.21. The number of benzene rings is 1. The summed E-state index contributed by atoms with van der Waals surface area (Å²) in [5.74, 6) is 0.0204. The minimum atomic E-state index is 0.0204. The van der Waals surface area contributed by atoms with Crippen LogP contribution in [-0.2, 0) is 6.54 Å². The van der Waals surface area contributed by atoms with Crippen molar-refractivity contribution in [3.05, 3.63) is 59.9 Å². The number of nitriles is 2. The van der Waals surface area contributed by atoms with E-state index >= 15 is 0 Å². The summed E-state index contributed by atoms with van der Waals surface area (Å²) in [6, 6.07) is 14.5. The first-order valence-electron chi connectivity index (χ1n) is 6.28. The summed E-state index contributed by atoms with van der Waals surface area (Å²) in [5, 5.41) is 18.0. The van der Waals surface area contributed by atoms with E-state index in [0.29, 0.717) is 12.0 Å². The van der Waals surface area contributed by atoms with Crippen molar-refractivity contribution in [2.75, 3.05) is 0 Å². The highest BCUT2D eigenvalue weighted by Crippen LogP contribution is 2.23. The highest BCUT2D eigenvalue weighted by Gasteiger charge is 2.16. The third-order valence-corrected chi connectivity index (χ3v) is 3.14. The van der Waals surface area contributed by atoms with E-state index in [2.05, 4.69) is 24.3 Å². The van der Waals surface area contributed by atoms with Gasteiger partial charge in [0, 0.05) is 25.1 Å². The molecule has 3 heteroatoms. The second kappa shape index (κ2) is 6.42. The summed E-state index contributed by atoms with van der Waals surface area (Å²) in [7, 11) is 0. The van der Waals surface area contributed by atoms with Crippen LogP contribution >= 0.6 is 0 Å². The molecule has 0 aromatic heterocycles. The van der Waals surface area contributed by atoms with Crippen LogP contribution < -0.4 is 0 Å². The Hall–Kier alpha value is -2.52. The molecule has 1 heterocycles. The van der Waals surface area contributed by atoms with E-state index in [1.54, 1.807) is 0 Å². The summed E-state index contributed by atoms with van der Waals surface area (Å²) in [6.45, 7) is 0.738. The van der Waals surface area contributed by atoms with Crippen molar-refractivity contribution in [3.63, 3.8) is 0 Å². The van der Waals surface area contributed by atoms with Crippen molar-refractivity contribution >= 4 is 0 Å². The van der Waals surface area contributed by atoms with Crippen molar-refractivity contribution in [2.24, 2.45) is 5.92 Å². The van der Waals surface area contributed by atoms with Crippen molar-refractivity contribution < 1.29 is 0 Å². The first kappa shape index (κ1) is 12.9. The zero-order valence-corrected chi connectivity index (χ0v) is 10.7. The maximum absolute atomic E-state index is 9.21. The molecule has 0 N–H and O–H groups in total. The molecule has 2 rings (SSSR count). The molecule has 0 fully saturated rings. The molecular formula is C16H15N3. The highest BCUT2D eigenvalue weighted by molar-refractivity contribution is 5.28. The molecule has 0 radical (unpaired) electrons. The molecule has 0 saturated heterocycles. The first-order valence-corrected chi connectivity index (χ1v) is 6.28. The van der Waals surface area contributed by atoms with Crippen LogP contribution in [0.3, 0.4) is 0 Å². The van der Waals surface area contributed by atoms with E-state index in [0.717, 1.165) is 13.0 Å². The zero-order valence-electron chi connectivity index (χ0n) is 10.7. The Bertz CT molecular complexity index is 558. The van der Waals surface area contributed by atoms with Crippen LogP contribution in [0.1, 0.15) is 18.4 Å². The zero-order chi connectivity index (χ0) is 13.5. The van der Waals surface area contributed by atoms with Crippen LogP contribution in [0.25, 0.3) is 0 Å². The normalized spacial score (nSPS) is 18.1. The van der Waals surface area contributed by atoms with Crippen LogP contribution in [0.2, 0.25) is 0 Å². The Labute approximate surface area is 113 Å². The van der Waals surface area contributed by atoms with Crippen LogP contribution in [0.4, 0.5) is 0 Å². The smallest absolute Gasteiger partial charge is 0.0965 e. The minimum absolute atomic E-state index is 0.0204. The summed E-state index contributed by atoms with van der Waals surface area (Å²) in [4.78, 5) is 2.01. The van der Waals surface area contributed by atoms with Crippen molar-refractivity contribution in [2.45, 2.75) is 19.4 Å². The van der Waals surface area contributed by atoms with Gasteiger partial charge >= 0.3 is 0 Å². The maximum Gasteiger partial charge on any atom is 0.0965 e. The standard InChI is InChI=1S/C16H15N3/c17-9-8-15-7-4-10-19(13-16(15)11-18)12-14-5-2-1-3-6-14/h1-6,10,13,15H,7-8,12H2. The SMILES string of the molecule is N#CCC1CC=CN(Cc2ccccc2)C=C1C#N. The van der Waals surface area contributed by atoms with E-state index in [-0.39, 0.29) is 5.92 Å². The summed E-state index contributed by atoms with van der Waals surface area (Å²) in [5.41, 5.74) is 1.88. The predicted molar refractivity (Wildman–Crippen MR) is 73.2 cm³/mol. The summed E-state index contributed by atoms with van der Waals surface area (Å²) >= 11 is 0. The fourth-order valence-corrected chi connectivity index (χ4v) is 2.13. The molecule has 1 aromatic carbocycles. The molecule has 0 amide bonds. The van der Waals surface area contributed by atoms with Gasteiger partial charge in [0.2, 0.25) is 0 Å². The van der Waals surface area contributed by atoms with E-state index in [4.69, 9.17) is 5.26 Å². The van der Waals surface area contributed by atoms with E-state index in [1.165, 1.54) is 5.56 Å². The average Bonchev–Trinajstić information content (AvgIpc) is 2.63. The van der Waals surface area contributed by atoms with Gasteiger partial charge in [-0.2, -0.15) is 10.5 Å². The lowest BCUT2D eigenvalue weighted by atomic mass is 9.95. The Morgan fingerprint density at radius 3 is 2.68 bits per heavy atom. The molecular weight excluding hydrogens is 234 g/mol. The number of hydrogen-bond acceptors (Lipinski definition) is 3. The highest BCUT2D eigenvalue weighted by atomic mass is 15.1. The number of rotatable bonds is 3. The van der Waals surface area contributed by atoms with Gasteiger partial charge in [-0.3, -0.25) is 0 Å². The van der Waals surface area contributed by atoms with Crippen molar-refractivity contribution in [1.29, 1.82) is 10.5 Å². The lowest BCUT2D eigenvalue weighted by molar-refractivity contribution is 0.498. The van der Waals surface area contributed by atoms with Gasteiger partial charge in [-0.25, -0.2) is 0 Å². The van der Waals surface area contributed by atoms with Crippen LogP contribution in [-0.4, -0.2) is 4.90 Å².